The van der Waals surface area contributed by atoms with E-state index in [1.165, 1.54) is 0 Å². The molecule has 2 aromatic carbocycles. The van der Waals surface area contributed by atoms with E-state index < -0.39 is 5.97 Å². The molecule has 6 heteroatoms. The maximum Gasteiger partial charge on any atom is 0.159 e. The summed E-state index contributed by atoms with van der Waals surface area (Å²) >= 11 is 0. The maximum absolute atomic E-state index is 11.2. The first-order valence-corrected chi connectivity index (χ1v) is 6.24. The van der Waals surface area contributed by atoms with Crippen molar-refractivity contribution in [3.05, 3.63) is 54.2 Å². The van der Waals surface area contributed by atoms with Gasteiger partial charge in [0, 0.05) is 11.4 Å². The average Bonchev–Trinajstić information content (AvgIpc) is 2.48. The number of carbonyl (C=O) groups excluding carboxylic acids is 1. The fourth-order valence-electron chi connectivity index (χ4n) is 1.93. The smallest absolute Gasteiger partial charge is 0.159 e. The first-order chi connectivity index (χ1) is 10.1. The molecular weight excluding hydrogens is 268 g/mol. The van der Waals surface area contributed by atoms with Gasteiger partial charge in [0.1, 0.15) is 5.69 Å². The number of nitrogens with zero attached hydrogens (tertiary/aromatic N) is 2. The fraction of sp³-hybridized carbons (Fsp3) is 0. The van der Waals surface area contributed by atoms with E-state index in [0.29, 0.717) is 22.4 Å². The maximum atomic E-state index is 11.2. The molecule has 1 aromatic heterocycles. The van der Waals surface area contributed by atoms with Gasteiger partial charge >= 0.3 is 0 Å². The van der Waals surface area contributed by atoms with E-state index in [-0.39, 0.29) is 11.5 Å². The lowest BCUT2D eigenvalue weighted by Crippen LogP contribution is -2.25. The third-order valence-electron chi connectivity index (χ3n) is 2.94. The molecule has 0 spiro atoms. The van der Waals surface area contributed by atoms with Crippen molar-refractivity contribution in [1.82, 2.24) is 9.97 Å². The molecule has 3 aromatic rings. The fourth-order valence-corrected chi connectivity index (χ4v) is 1.93. The number of carboxylic acids is 1. The number of rotatable bonds is 3. The van der Waals surface area contributed by atoms with Crippen LogP contribution in [-0.4, -0.2) is 15.9 Å². The highest BCUT2D eigenvalue weighted by atomic mass is 16.4. The minimum Gasteiger partial charge on any atom is -0.543 e. The lowest BCUT2D eigenvalue weighted by molar-refractivity contribution is -0.255. The second-order valence-electron chi connectivity index (χ2n) is 4.44. The van der Waals surface area contributed by atoms with E-state index in [4.69, 9.17) is 5.73 Å². The molecule has 0 unspecified atom stereocenters. The number of hydrogen-bond donors (Lipinski definition) is 2. The number of nitrogens with two attached hydrogens (primary N) is 1. The summed E-state index contributed by atoms with van der Waals surface area (Å²) in [5.74, 6) is -1.25. The van der Waals surface area contributed by atoms with Crippen molar-refractivity contribution in [2.75, 3.05) is 11.1 Å². The Morgan fingerprint density at radius 1 is 1.00 bits per heavy atom. The Bertz CT molecular complexity index is 816. The minimum absolute atomic E-state index is 0.137. The normalized spacial score (nSPS) is 10.5. The number of para-hydroxylation sites is 2. The Labute approximate surface area is 120 Å². The molecule has 0 saturated carbocycles. The third-order valence-corrected chi connectivity index (χ3v) is 2.94. The van der Waals surface area contributed by atoms with Gasteiger partial charge in [-0.15, -0.1) is 0 Å². The van der Waals surface area contributed by atoms with E-state index in [2.05, 4.69) is 15.3 Å². The number of aromatic carboxylic acids is 1. The highest BCUT2D eigenvalue weighted by Gasteiger charge is 2.10. The molecule has 3 N–H and O–H groups in total. The van der Waals surface area contributed by atoms with Gasteiger partial charge in [-0.1, -0.05) is 12.1 Å². The van der Waals surface area contributed by atoms with Crippen LogP contribution in [0, 0.1) is 0 Å². The first-order valence-electron chi connectivity index (χ1n) is 6.24. The van der Waals surface area contributed by atoms with Gasteiger partial charge < -0.3 is 21.0 Å². The van der Waals surface area contributed by atoms with Gasteiger partial charge in [-0.3, -0.25) is 0 Å². The summed E-state index contributed by atoms with van der Waals surface area (Å²) in [5, 5.41) is 14.2. The van der Waals surface area contributed by atoms with Crippen LogP contribution in [0.25, 0.3) is 11.0 Å². The van der Waals surface area contributed by atoms with Crippen molar-refractivity contribution in [3.63, 3.8) is 0 Å². The molecule has 6 nitrogen and oxygen atoms in total. The molecule has 0 saturated heterocycles. The standard InChI is InChI=1S/C15H12N4O2/c16-9-5-7-10(8-6-9)17-14-13(15(20)21)18-11-3-1-2-4-12(11)19-14/h1-8H,16H2,(H,17,19)(H,20,21)/p-1. The Kier molecular flexibility index (Phi) is 3.12. The lowest BCUT2D eigenvalue weighted by Gasteiger charge is -2.12. The topological polar surface area (TPSA) is 104 Å². The molecule has 0 aliphatic rings. The molecule has 104 valence electrons. The van der Waals surface area contributed by atoms with Gasteiger partial charge in [0.2, 0.25) is 0 Å². The quantitative estimate of drug-likeness (QED) is 0.701. The van der Waals surface area contributed by atoms with Crippen LogP contribution < -0.4 is 16.2 Å². The van der Waals surface area contributed by atoms with Gasteiger partial charge in [-0.05, 0) is 36.4 Å². The van der Waals surface area contributed by atoms with Gasteiger partial charge in [0.15, 0.2) is 5.82 Å². The Hall–Kier alpha value is -3.15. The number of aromatic nitrogens is 2. The third kappa shape index (κ3) is 2.59. The van der Waals surface area contributed by atoms with Crippen LogP contribution in [0.5, 0.6) is 0 Å². The number of carboxylic acid groups (broad SMARTS) is 1. The summed E-state index contributed by atoms with van der Waals surface area (Å²) < 4.78 is 0. The van der Waals surface area contributed by atoms with E-state index in [9.17, 15) is 9.90 Å². The van der Waals surface area contributed by atoms with Gasteiger partial charge in [0.05, 0.1) is 17.0 Å². The number of hydrogen-bond acceptors (Lipinski definition) is 6. The zero-order chi connectivity index (χ0) is 14.8. The van der Waals surface area contributed by atoms with Gasteiger partial charge in [0.25, 0.3) is 0 Å². The highest BCUT2D eigenvalue weighted by Crippen LogP contribution is 2.21. The monoisotopic (exact) mass is 279 g/mol. The number of carbonyl (C=O) groups is 1. The van der Waals surface area contributed by atoms with Crippen molar-refractivity contribution >= 4 is 34.2 Å². The Balaban J connectivity index is 2.09. The number of benzene rings is 2. The van der Waals surface area contributed by atoms with E-state index in [1.54, 1.807) is 42.5 Å². The number of nitrogens with one attached hydrogen (secondary N) is 1. The summed E-state index contributed by atoms with van der Waals surface area (Å²) in [7, 11) is 0. The molecule has 0 radical (unpaired) electrons. The molecule has 0 aliphatic heterocycles. The largest absolute Gasteiger partial charge is 0.543 e. The summed E-state index contributed by atoms with van der Waals surface area (Å²) in [6.45, 7) is 0. The van der Waals surface area contributed by atoms with Gasteiger partial charge in [-0.2, -0.15) is 0 Å². The zero-order valence-electron chi connectivity index (χ0n) is 10.9. The summed E-state index contributed by atoms with van der Waals surface area (Å²) in [4.78, 5) is 19.6. The van der Waals surface area contributed by atoms with Crippen LogP contribution in [0.3, 0.4) is 0 Å². The molecule has 0 atom stereocenters. The van der Waals surface area contributed by atoms with Crippen LogP contribution in [0.4, 0.5) is 17.2 Å². The van der Waals surface area contributed by atoms with E-state index in [1.807, 2.05) is 6.07 Å². The Morgan fingerprint density at radius 3 is 2.24 bits per heavy atom. The van der Waals surface area contributed by atoms with E-state index in [0.717, 1.165) is 0 Å². The number of nitrogen functional groups attached to an aromatic ring is 1. The number of fused-ring (bicyclic) bond motifs is 1. The molecule has 21 heavy (non-hydrogen) atoms. The van der Waals surface area contributed by atoms with Crippen molar-refractivity contribution in [2.45, 2.75) is 0 Å². The summed E-state index contributed by atoms with van der Waals surface area (Å²) in [6.07, 6.45) is 0. The van der Waals surface area contributed by atoms with Crippen molar-refractivity contribution in [1.29, 1.82) is 0 Å². The summed E-state index contributed by atoms with van der Waals surface area (Å²) in [6, 6.07) is 13.9. The highest BCUT2D eigenvalue weighted by molar-refractivity contribution is 5.93. The lowest BCUT2D eigenvalue weighted by atomic mass is 10.2. The van der Waals surface area contributed by atoms with Crippen LogP contribution >= 0.6 is 0 Å². The van der Waals surface area contributed by atoms with Crippen LogP contribution in [0.2, 0.25) is 0 Å². The van der Waals surface area contributed by atoms with E-state index >= 15 is 0 Å². The second-order valence-corrected chi connectivity index (χ2v) is 4.44. The average molecular weight is 279 g/mol. The Morgan fingerprint density at radius 2 is 1.62 bits per heavy atom. The molecule has 1 heterocycles. The predicted octanol–water partition coefficient (Wildman–Crippen LogP) is 1.32. The van der Waals surface area contributed by atoms with Crippen molar-refractivity contribution < 1.29 is 9.90 Å². The van der Waals surface area contributed by atoms with Crippen LogP contribution in [0.15, 0.2) is 48.5 Å². The SMILES string of the molecule is Nc1ccc(Nc2nc3ccccc3nc2C(=O)[O-])cc1. The summed E-state index contributed by atoms with van der Waals surface area (Å²) in [5.41, 5.74) is 7.76. The van der Waals surface area contributed by atoms with Crippen LogP contribution in [-0.2, 0) is 0 Å². The number of anilines is 3. The molecule has 0 fully saturated rings. The zero-order valence-corrected chi connectivity index (χ0v) is 10.9. The second kappa shape index (κ2) is 5.09. The first kappa shape index (κ1) is 12.9. The van der Waals surface area contributed by atoms with Gasteiger partial charge in [-0.25, -0.2) is 9.97 Å². The predicted molar refractivity (Wildman–Crippen MR) is 78.0 cm³/mol. The molecule has 3 rings (SSSR count). The van der Waals surface area contributed by atoms with Crippen molar-refractivity contribution in [2.24, 2.45) is 0 Å². The molecular formula is C15H11N4O2-. The van der Waals surface area contributed by atoms with Crippen molar-refractivity contribution in [3.8, 4) is 0 Å². The molecule has 0 amide bonds. The molecule has 0 bridgehead atoms. The molecule has 0 aliphatic carbocycles. The van der Waals surface area contributed by atoms with Crippen LogP contribution in [0.1, 0.15) is 10.5 Å². The minimum atomic E-state index is -1.38.